The average molecular weight is 1250 g/mol. The molecular weight excluding hydrogens is 1120 g/mol. The molecule has 0 aromatic carbocycles. The lowest BCUT2D eigenvalue weighted by Gasteiger charge is -2.46. The van der Waals surface area contributed by atoms with Crippen LogP contribution in [0.2, 0.25) is 0 Å². The maximum absolute atomic E-state index is 13.3. The van der Waals surface area contributed by atoms with Gasteiger partial charge in [-0.3, -0.25) is 4.79 Å². The van der Waals surface area contributed by atoms with Crippen molar-refractivity contribution < 1.29 is 64.6 Å². The smallest absolute Gasteiger partial charge is 0.220 e. The predicted molar refractivity (Wildman–Crippen MR) is 364 cm³/mol. The van der Waals surface area contributed by atoms with Crippen LogP contribution in [0.4, 0.5) is 0 Å². The molecule has 14 heteroatoms. The van der Waals surface area contributed by atoms with Crippen LogP contribution in [-0.4, -0.2) is 140 Å². The van der Waals surface area contributed by atoms with Gasteiger partial charge in [0, 0.05) is 6.42 Å². The number of carbonyl (C=O) groups excluding carboxylic acids is 1. The van der Waals surface area contributed by atoms with E-state index in [1.54, 1.807) is 6.08 Å². The molecule has 514 valence electrons. The number of nitrogens with one attached hydrogen (secondary N) is 1. The summed E-state index contributed by atoms with van der Waals surface area (Å²) in [6.45, 7) is 2.70. The molecule has 1 amide bonds. The van der Waals surface area contributed by atoms with Crippen LogP contribution in [0.1, 0.15) is 277 Å². The Balaban J connectivity index is 1.59. The van der Waals surface area contributed by atoms with Gasteiger partial charge in [-0.1, -0.05) is 291 Å². The van der Waals surface area contributed by atoms with Gasteiger partial charge in [-0.2, -0.15) is 0 Å². The van der Waals surface area contributed by atoms with E-state index in [-0.39, 0.29) is 18.9 Å². The van der Waals surface area contributed by atoms with Crippen molar-refractivity contribution in [3.63, 3.8) is 0 Å². The van der Waals surface area contributed by atoms with E-state index in [2.05, 4.69) is 104 Å². The van der Waals surface area contributed by atoms with Gasteiger partial charge in [0.2, 0.25) is 5.91 Å². The summed E-state index contributed by atoms with van der Waals surface area (Å²) in [7, 11) is 0. The molecular formula is C75H131NO13. The highest BCUT2D eigenvalue weighted by atomic mass is 16.7. The Morgan fingerprint density at radius 1 is 0.416 bits per heavy atom. The molecule has 2 saturated heterocycles. The van der Waals surface area contributed by atoms with Crippen molar-refractivity contribution >= 4 is 5.91 Å². The highest BCUT2D eigenvalue weighted by molar-refractivity contribution is 5.76. The first kappa shape index (κ1) is 82.0. The van der Waals surface area contributed by atoms with Crippen molar-refractivity contribution in [2.75, 3.05) is 19.8 Å². The Morgan fingerprint density at radius 3 is 1.19 bits per heavy atom. The largest absolute Gasteiger partial charge is 0.394 e. The summed E-state index contributed by atoms with van der Waals surface area (Å²) in [6, 6.07) is -0.918. The number of aliphatic hydroxyl groups excluding tert-OH is 8. The summed E-state index contributed by atoms with van der Waals surface area (Å²) in [5.74, 6) is -0.239. The molecule has 0 bridgehead atoms. The van der Waals surface area contributed by atoms with Crippen LogP contribution in [0.5, 0.6) is 0 Å². The van der Waals surface area contributed by atoms with Crippen molar-refractivity contribution in [1.29, 1.82) is 0 Å². The van der Waals surface area contributed by atoms with E-state index in [0.717, 1.165) is 83.5 Å². The fraction of sp³-hybridized carbons (Fsp3) is 0.773. The van der Waals surface area contributed by atoms with Gasteiger partial charge < -0.3 is 65.1 Å². The molecule has 2 aliphatic heterocycles. The molecule has 89 heavy (non-hydrogen) atoms. The van der Waals surface area contributed by atoms with Crippen LogP contribution >= 0.6 is 0 Å². The first-order valence-electron chi connectivity index (χ1n) is 36.0. The van der Waals surface area contributed by atoms with Gasteiger partial charge in [0.15, 0.2) is 12.6 Å². The topological polar surface area (TPSA) is 228 Å². The van der Waals surface area contributed by atoms with Crippen LogP contribution in [0.25, 0.3) is 0 Å². The van der Waals surface area contributed by atoms with Gasteiger partial charge in [0.25, 0.3) is 0 Å². The molecule has 0 spiro atoms. The number of hydrogen-bond acceptors (Lipinski definition) is 13. The van der Waals surface area contributed by atoms with Crippen molar-refractivity contribution in [1.82, 2.24) is 5.32 Å². The summed E-state index contributed by atoms with van der Waals surface area (Å²) in [5.41, 5.74) is 0. The quantitative estimate of drug-likeness (QED) is 0.0204. The third-order valence-corrected chi connectivity index (χ3v) is 17.0. The predicted octanol–water partition coefficient (Wildman–Crippen LogP) is 15.0. The SMILES string of the molecule is CC/C=C\C/C=C\C/C=C\C/C=C\C/C=C\C/C=C\C/C=C\CCCCCCCCCCCCCCCCCCCC(=O)NC(COC1OC(CO)C(OC2OC(CO)C(O)C(O)C2O)C(O)C1O)C(O)/C=C/CCCCCCCCCCCCCCCC. The van der Waals surface area contributed by atoms with Crippen LogP contribution < -0.4 is 5.32 Å². The second kappa shape index (κ2) is 58.7. The Kier molecular flexibility index (Phi) is 54.1. The van der Waals surface area contributed by atoms with E-state index in [0.29, 0.717) is 6.42 Å². The Labute approximate surface area is 541 Å². The monoisotopic (exact) mass is 1250 g/mol. The molecule has 2 rings (SSSR count). The van der Waals surface area contributed by atoms with Crippen LogP contribution in [0.15, 0.2) is 97.2 Å². The molecule has 14 nitrogen and oxygen atoms in total. The minimum absolute atomic E-state index is 0.239. The summed E-state index contributed by atoms with van der Waals surface area (Å²) in [5, 5.41) is 87.4. The first-order chi connectivity index (χ1) is 43.6. The van der Waals surface area contributed by atoms with E-state index >= 15 is 0 Å². The van der Waals surface area contributed by atoms with E-state index in [9.17, 15) is 45.6 Å². The fourth-order valence-corrected chi connectivity index (χ4v) is 11.3. The number of amides is 1. The number of carbonyl (C=O) groups is 1. The van der Waals surface area contributed by atoms with E-state index in [1.165, 1.54) is 167 Å². The zero-order chi connectivity index (χ0) is 64.5. The number of hydrogen-bond donors (Lipinski definition) is 9. The second-order valence-electron chi connectivity index (χ2n) is 25.0. The molecule has 0 radical (unpaired) electrons. The average Bonchev–Trinajstić information content (AvgIpc) is 2.55. The number of ether oxygens (including phenoxy) is 4. The van der Waals surface area contributed by atoms with E-state index in [1.807, 2.05) is 6.08 Å². The summed E-state index contributed by atoms with van der Waals surface area (Å²) in [4.78, 5) is 13.3. The van der Waals surface area contributed by atoms with Crippen molar-refractivity contribution in [2.45, 2.75) is 351 Å². The Hall–Kier alpha value is -3.09. The summed E-state index contributed by atoms with van der Waals surface area (Å²) < 4.78 is 22.8. The molecule has 12 unspecified atom stereocenters. The van der Waals surface area contributed by atoms with Gasteiger partial charge >= 0.3 is 0 Å². The van der Waals surface area contributed by atoms with Gasteiger partial charge in [-0.15, -0.1) is 0 Å². The fourth-order valence-electron chi connectivity index (χ4n) is 11.3. The van der Waals surface area contributed by atoms with Gasteiger partial charge in [0.05, 0.1) is 32.0 Å². The number of allylic oxidation sites excluding steroid dienone is 15. The third-order valence-electron chi connectivity index (χ3n) is 17.0. The van der Waals surface area contributed by atoms with Crippen molar-refractivity contribution in [3.8, 4) is 0 Å². The zero-order valence-corrected chi connectivity index (χ0v) is 55.9. The lowest BCUT2D eigenvalue weighted by molar-refractivity contribution is -0.359. The Bertz CT molecular complexity index is 1860. The molecule has 0 saturated carbocycles. The lowest BCUT2D eigenvalue weighted by atomic mass is 9.97. The first-order valence-corrected chi connectivity index (χ1v) is 36.0. The minimum Gasteiger partial charge on any atom is -0.394 e. The normalized spacial score (nSPS) is 23.6. The number of rotatable bonds is 58. The molecule has 0 aromatic rings. The second-order valence-corrected chi connectivity index (χ2v) is 25.0. The third kappa shape index (κ3) is 42.7. The maximum atomic E-state index is 13.3. The van der Waals surface area contributed by atoms with Crippen molar-refractivity contribution in [3.05, 3.63) is 97.2 Å². The van der Waals surface area contributed by atoms with Crippen LogP contribution in [0.3, 0.4) is 0 Å². The number of aliphatic hydroxyl groups is 8. The standard InChI is InChI=1S/C75H131NO13/c1-3-5-7-9-11-13-15-17-19-21-22-23-24-25-26-27-28-29-30-31-32-33-34-35-36-37-38-39-40-41-42-43-45-47-49-51-53-55-57-59-67(80)76-63(64(79)58-56-54-52-50-48-46-44-20-18-16-14-12-10-8-6-4-2)62-86-74-72(85)70(83)73(66(61-78)88-74)89-75-71(84)69(82)68(81)65(60-77)87-75/h5,7,11,13,17,19,22-23,25-26,28-29,31-32,56,58,63-66,68-75,77-79,81-85H,3-4,6,8-10,12,14-16,18,20-21,24,27,30,33-55,57,59-62H2,1-2H3,(H,76,80)/b7-5-,13-11-,19-17-,23-22-,26-25-,29-28-,32-31-,58-56+. The molecule has 12 atom stereocenters. The lowest BCUT2D eigenvalue weighted by Crippen LogP contribution is -2.65. The van der Waals surface area contributed by atoms with Gasteiger partial charge in [-0.05, 0) is 77.0 Å². The minimum atomic E-state index is -1.79. The maximum Gasteiger partial charge on any atom is 0.220 e. The summed E-state index contributed by atoms with van der Waals surface area (Å²) >= 11 is 0. The summed E-state index contributed by atoms with van der Waals surface area (Å²) in [6.07, 6.45) is 66.1. The molecule has 0 aromatic heterocycles. The molecule has 2 aliphatic rings. The van der Waals surface area contributed by atoms with Crippen LogP contribution in [-0.2, 0) is 23.7 Å². The highest BCUT2D eigenvalue weighted by Gasteiger charge is 2.51. The number of unbranched alkanes of at least 4 members (excludes halogenated alkanes) is 31. The van der Waals surface area contributed by atoms with E-state index in [4.69, 9.17) is 18.9 Å². The highest BCUT2D eigenvalue weighted by Crippen LogP contribution is 2.30. The molecule has 0 aliphatic carbocycles. The molecule has 2 heterocycles. The molecule has 9 N–H and O–H groups in total. The van der Waals surface area contributed by atoms with Crippen LogP contribution in [0, 0.1) is 0 Å². The van der Waals surface area contributed by atoms with Crippen molar-refractivity contribution in [2.24, 2.45) is 0 Å². The Morgan fingerprint density at radius 2 is 0.775 bits per heavy atom. The van der Waals surface area contributed by atoms with Gasteiger partial charge in [-0.25, -0.2) is 0 Å². The van der Waals surface area contributed by atoms with E-state index < -0.39 is 86.8 Å². The zero-order valence-electron chi connectivity index (χ0n) is 55.9. The molecule has 2 fully saturated rings. The van der Waals surface area contributed by atoms with Gasteiger partial charge in [0.1, 0.15) is 48.8 Å².